The topological polar surface area (TPSA) is 0 Å². The zero-order chi connectivity index (χ0) is 16.8. The molecule has 4 rings (SSSR count). The number of fused-ring (bicyclic) bond motifs is 3. The van der Waals surface area contributed by atoms with Crippen LogP contribution in [-0.2, 0) is 12.8 Å². The van der Waals surface area contributed by atoms with Gasteiger partial charge in [-0.2, -0.15) is 0 Å². The Morgan fingerprint density at radius 3 is 1.75 bits per heavy atom. The number of benzene rings is 3. The van der Waals surface area contributed by atoms with E-state index >= 15 is 0 Å². The summed E-state index contributed by atoms with van der Waals surface area (Å²) in [6, 6.07) is 18.1. The van der Waals surface area contributed by atoms with E-state index in [1.165, 1.54) is 50.1 Å². The molecule has 0 aromatic heterocycles. The summed E-state index contributed by atoms with van der Waals surface area (Å²) in [4.78, 5) is 0. The zero-order valence-electron chi connectivity index (χ0n) is 15.0. The Bertz CT molecular complexity index is 927. The van der Waals surface area contributed by atoms with Crippen molar-refractivity contribution in [2.45, 2.75) is 40.5 Å². The monoisotopic (exact) mass is 312 g/mol. The number of hydrogen-bond acceptors (Lipinski definition) is 0. The number of hydrogen-bond donors (Lipinski definition) is 0. The molecule has 0 heterocycles. The fourth-order valence-corrected chi connectivity index (χ4v) is 4.08. The quantitative estimate of drug-likeness (QED) is 0.491. The molecule has 0 saturated heterocycles. The molecular formula is C24H24. The highest BCUT2D eigenvalue weighted by atomic mass is 14.2. The molecule has 0 spiro atoms. The van der Waals surface area contributed by atoms with Gasteiger partial charge in [0.25, 0.3) is 0 Å². The van der Waals surface area contributed by atoms with E-state index in [0.717, 1.165) is 12.8 Å². The molecule has 0 N–H and O–H groups in total. The second kappa shape index (κ2) is 5.63. The van der Waals surface area contributed by atoms with Gasteiger partial charge in [0.15, 0.2) is 0 Å². The van der Waals surface area contributed by atoms with Crippen molar-refractivity contribution in [1.82, 2.24) is 0 Å². The van der Waals surface area contributed by atoms with Crippen LogP contribution >= 0.6 is 0 Å². The maximum absolute atomic E-state index is 2.34. The predicted molar refractivity (Wildman–Crippen MR) is 104 cm³/mol. The van der Waals surface area contributed by atoms with Gasteiger partial charge in [0, 0.05) is 0 Å². The van der Waals surface area contributed by atoms with Crippen molar-refractivity contribution in [2.24, 2.45) is 0 Å². The van der Waals surface area contributed by atoms with Crippen molar-refractivity contribution in [1.29, 1.82) is 0 Å². The fraction of sp³-hybridized carbons (Fsp3) is 0.250. The minimum absolute atomic E-state index is 1.15. The number of aryl methyl sites for hydroxylation is 2. The molecule has 0 atom stereocenters. The van der Waals surface area contributed by atoms with E-state index in [9.17, 15) is 0 Å². The van der Waals surface area contributed by atoms with E-state index in [-0.39, 0.29) is 0 Å². The first-order chi connectivity index (χ1) is 11.6. The third-order valence-corrected chi connectivity index (χ3v) is 5.75. The first-order valence-electron chi connectivity index (χ1n) is 8.85. The molecule has 1 aliphatic rings. The van der Waals surface area contributed by atoms with Gasteiger partial charge < -0.3 is 0 Å². The molecule has 0 saturated carbocycles. The lowest BCUT2D eigenvalue weighted by molar-refractivity contribution is 0.918. The second-order valence-corrected chi connectivity index (χ2v) is 7.16. The molecule has 0 nitrogen and oxygen atoms in total. The molecule has 0 aliphatic heterocycles. The van der Waals surface area contributed by atoms with Gasteiger partial charge >= 0.3 is 0 Å². The lowest BCUT2D eigenvalue weighted by Gasteiger charge is -2.25. The van der Waals surface area contributed by atoms with Crippen LogP contribution in [0.1, 0.15) is 33.4 Å². The van der Waals surface area contributed by atoms with Crippen molar-refractivity contribution >= 4 is 0 Å². The maximum Gasteiger partial charge on any atom is -0.0146 e. The Hall–Kier alpha value is -2.34. The molecule has 3 aromatic rings. The summed E-state index contributed by atoms with van der Waals surface area (Å²) >= 11 is 0. The molecule has 3 aromatic carbocycles. The van der Waals surface area contributed by atoms with Crippen LogP contribution in [0, 0.1) is 27.7 Å². The van der Waals surface area contributed by atoms with Crippen molar-refractivity contribution in [3.63, 3.8) is 0 Å². The molecule has 0 amide bonds. The van der Waals surface area contributed by atoms with Gasteiger partial charge in [0.1, 0.15) is 0 Å². The van der Waals surface area contributed by atoms with Crippen LogP contribution in [0.15, 0.2) is 48.5 Å². The third-order valence-electron chi connectivity index (χ3n) is 5.75. The molecule has 0 fully saturated rings. The first-order valence-corrected chi connectivity index (χ1v) is 8.85. The van der Waals surface area contributed by atoms with Crippen LogP contribution in [0.2, 0.25) is 0 Å². The largest absolute Gasteiger partial charge is 0.0587 e. The standard InChI is InChI=1S/C24H24/c1-15-5-8-19(9-6-15)20-11-14-24-22(18(20)4)13-12-21-17(3)16(2)7-10-23(21)24/h5-11,14H,12-13H2,1-4H3. The average molecular weight is 312 g/mol. The molecule has 0 unspecified atom stereocenters. The van der Waals surface area contributed by atoms with Gasteiger partial charge in [0.2, 0.25) is 0 Å². The SMILES string of the molecule is Cc1ccc(-c2ccc3c(c2C)CCc2c-3ccc(C)c2C)cc1. The van der Waals surface area contributed by atoms with Crippen molar-refractivity contribution in [2.75, 3.05) is 0 Å². The number of rotatable bonds is 1. The molecule has 0 heteroatoms. The predicted octanol–water partition coefficient (Wildman–Crippen LogP) is 6.35. The van der Waals surface area contributed by atoms with Gasteiger partial charge in [-0.3, -0.25) is 0 Å². The van der Waals surface area contributed by atoms with Crippen LogP contribution in [0.4, 0.5) is 0 Å². The summed E-state index contributed by atoms with van der Waals surface area (Å²) < 4.78 is 0. The van der Waals surface area contributed by atoms with E-state index in [1.54, 1.807) is 5.56 Å². The second-order valence-electron chi connectivity index (χ2n) is 7.16. The van der Waals surface area contributed by atoms with E-state index in [4.69, 9.17) is 0 Å². The summed E-state index contributed by atoms with van der Waals surface area (Å²) in [6.07, 6.45) is 2.31. The minimum atomic E-state index is 1.15. The summed E-state index contributed by atoms with van der Waals surface area (Å²) in [5.41, 5.74) is 14.3. The van der Waals surface area contributed by atoms with E-state index in [0.29, 0.717) is 0 Å². The maximum atomic E-state index is 2.34. The molecule has 1 aliphatic carbocycles. The highest BCUT2D eigenvalue weighted by Crippen LogP contribution is 2.40. The lowest BCUT2D eigenvalue weighted by Crippen LogP contribution is -2.09. The van der Waals surface area contributed by atoms with Crippen molar-refractivity contribution in [3.05, 3.63) is 81.9 Å². The molecular weight excluding hydrogens is 288 g/mol. The third kappa shape index (κ3) is 2.29. The zero-order valence-corrected chi connectivity index (χ0v) is 15.0. The van der Waals surface area contributed by atoms with Gasteiger partial charge in [-0.25, -0.2) is 0 Å². The molecule has 24 heavy (non-hydrogen) atoms. The van der Waals surface area contributed by atoms with Crippen LogP contribution in [-0.4, -0.2) is 0 Å². The average Bonchev–Trinajstić information content (AvgIpc) is 2.59. The molecule has 120 valence electrons. The molecule has 0 bridgehead atoms. The Kier molecular flexibility index (Phi) is 3.57. The Balaban J connectivity index is 1.89. The van der Waals surface area contributed by atoms with Gasteiger partial charge in [-0.1, -0.05) is 54.1 Å². The van der Waals surface area contributed by atoms with Crippen LogP contribution in [0.3, 0.4) is 0 Å². The van der Waals surface area contributed by atoms with Crippen molar-refractivity contribution < 1.29 is 0 Å². The van der Waals surface area contributed by atoms with E-state index in [2.05, 4.69) is 76.2 Å². The highest BCUT2D eigenvalue weighted by molar-refractivity contribution is 5.81. The minimum Gasteiger partial charge on any atom is -0.0587 e. The van der Waals surface area contributed by atoms with Gasteiger partial charge in [0.05, 0.1) is 0 Å². The Morgan fingerprint density at radius 2 is 1.08 bits per heavy atom. The first kappa shape index (κ1) is 15.2. The summed E-state index contributed by atoms with van der Waals surface area (Å²) in [5, 5.41) is 0. The van der Waals surface area contributed by atoms with Crippen LogP contribution in [0.25, 0.3) is 22.3 Å². The molecule has 0 radical (unpaired) electrons. The van der Waals surface area contributed by atoms with Crippen LogP contribution in [0.5, 0.6) is 0 Å². The van der Waals surface area contributed by atoms with Gasteiger partial charge in [-0.05, 0) is 90.6 Å². The Morgan fingerprint density at radius 1 is 0.542 bits per heavy atom. The highest BCUT2D eigenvalue weighted by Gasteiger charge is 2.21. The summed E-state index contributed by atoms with van der Waals surface area (Å²) in [5.74, 6) is 0. The smallest absolute Gasteiger partial charge is 0.0146 e. The normalized spacial score (nSPS) is 12.7. The van der Waals surface area contributed by atoms with Crippen LogP contribution < -0.4 is 0 Å². The van der Waals surface area contributed by atoms with Crippen molar-refractivity contribution in [3.8, 4) is 22.3 Å². The lowest BCUT2D eigenvalue weighted by atomic mass is 9.79. The van der Waals surface area contributed by atoms with Gasteiger partial charge in [-0.15, -0.1) is 0 Å². The Labute approximate surface area is 145 Å². The summed E-state index contributed by atoms with van der Waals surface area (Å²) in [7, 11) is 0. The van der Waals surface area contributed by atoms with E-state index < -0.39 is 0 Å². The summed E-state index contributed by atoms with van der Waals surface area (Å²) in [6.45, 7) is 8.92. The van der Waals surface area contributed by atoms with E-state index in [1.807, 2.05) is 0 Å². The fourth-order valence-electron chi connectivity index (χ4n) is 4.08.